The fraction of sp³-hybridized carbons (Fsp3) is 0.190. The molecule has 0 bridgehead atoms. The van der Waals surface area contributed by atoms with Crippen LogP contribution in [0.5, 0.6) is 5.75 Å². The molecule has 1 heterocycles. The van der Waals surface area contributed by atoms with Crippen molar-refractivity contribution >= 4 is 35.0 Å². The molecule has 0 unspecified atom stereocenters. The van der Waals surface area contributed by atoms with Crippen molar-refractivity contribution in [2.24, 2.45) is 0 Å². The van der Waals surface area contributed by atoms with E-state index < -0.39 is 22.9 Å². The lowest BCUT2D eigenvalue weighted by Gasteiger charge is -2.12. The third kappa shape index (κ3) is 5.23. The molecule has 8 heteroatoms. The quantitative estimate of drug-likeness (QED) is 0.503. The first kappa shape index (κ1) is 20.6. The Morgan fingerprint density at radius 2 is 1.86 bits per heavy atom. The van der Waals surface area contributed by atoms with Crippen molar-refractivity contribution in [1.82, 2.24) is 4.90 Å². The average molecular weight is 415 g/mol. The summed E-state index contributed by atoms with van der Waals surface area (Å²) in [5, 5.41) is -0.445. The van der Waals surface area contributed by atoms with Gasteiger partial charge in [-0.05, 0) is 48.5 Å². The molecule has 2 aromatic carbocycles. The number of rotatable bonds is 7. The van der Waals surface area contributed by atoms with Gasteiger partial charge >= 0.3 is 5.97 Å². The highest BCUT2D eigenvalue weighted by molar-refractivity contribution is 8.18. The lowest BCUT2D eigenvalue weighted by atomic mass is 10.2. The van der Waals surface area contributed by atoms with Crippen LogP contribution in [-0.4, -0.2) is 35.2 Å². The van der Waals surface area contributed by atoms with Gasteiger partial charge in [-0.25, -0.2) is 9.18 Å². The second-order valence-electron chi connectivity index (χ2n) is 6.02. The third-order valence-corrected chi connectivity index (χ3v) is 4.91. The fourth-order valence-corrected chi connectivity index (χ4v) is 3.43. The van der Waals surface area contributed by atoms with Crippen molar-refractivity contribution in [1.29, 1.82) is 0 Å². The van der Waals surface area contributed by atoms with Gasteiger partial charge in [-0.1, -0.05) is 30.3 Å². The van der Waals surface area contributed by atoms with Crippen LogP contribution in [-0.2, 0) is 20.9 Å². The summed E-state index contributed by atoms with van der Waals surface area (Å²) in [6, 6.07) is 12.7. The minimum atomic E-state index is -0.467. The van der Waals surface area contributed by atoms with E-state index in [1.54, 1.807) is 49.4 Å². The Labute approximate surface area is 171 Å². The first-order valence-electron chi connectivity index (χ1n) is 8.85. The molecule has 1 aliphatic rings. The van der Waals surface area contributed by atoms with E-state index in [4.69, 9.17) is 9.47 Å². The molecule has 29 heavy (non-hydrogen) atoms. The number of benzene rings is 2. The molecule has 1 fully saturated rings. The van der Waals surface area contributed by atoms with Gasteiger partial charge < -0.3 is 9.47 Å². The summed E-state index contributed by atoms with van der Waals surface area (Å²) in [5.41, 5.74) is 0.962. The van der Waals surface area contributed by atoms with Gasteiger partial charge in [-0.3, -0.25) is 14.5 Å². The molecule has 0 atom stereocenters. The summed E-state index contributed by atoms with van der Waals surface area (Å²) >= 11 is 0.809. The Balaban J connectivity index is 1.66. The van der Waals surface area contributed by atoms with Gasteiger partial charge in [-0.15, -0.1) is 0 Å². The van der Waals surface area contributed by atoms with Crippen LogP contribution in [0.25, 0.3) is 6.08 Å². The zero-order valence-electron chi connectivity index (χ0n) is 15.6. The number of esters is 1. The number of nitrogens with zero attached hydrogens (tertiary/aromatic N) is 1. The van der Waals surface area contributed by atoms with Crippen LogP contribution >= 0.6 is 11.8 Å². The van der Waals surface area contributed by atoms with Gasteiger partial charge in [0.05, 0.1) is 18.1 Å². The largest absolute Gasteiger partial charge is 0.482 e. The monoisotopic (exact) mass is 415 g/mol. The molecule has 0 radical (unpaired) electrons. The molecule has 0 spiro atoms. The second-order valence-corrected chi connectivity index (χ2v) is 7.02. The first-order valence-corrected chi connectivity index (χ1v) is 9.67. The van der Waals surface area contributed by atoms with E-state index >= 15 is 0 Å². The van der Waals surface area contributed by atoms with Gasteiger partial charge in [0.15, 0.2) is 6.61 Å². The van der Waals surface area contributed by atoms with Crippen molar-refractivity contribution in [3.8, 4) is 5.75 Å². The Hall–Kier alpha value is -3.13. The molecule has 3 rings (SSSR count). The van der Waals surface area contributed by atoms with E-state index in [1.807, 2.05) is 0 Å². The number of thioether (sulfide) groups is 1. The molecule has 2 aromatic rings. The number of carbonyl (C=O) groups excluding carboxylic acids is 3. The van der Waals surface area contributed by atoms with E-state index in [0.29, 0.717) is 11.3 Å². The molecule has 1 aliphatic heterocycles. The predicted molar refractivity (Wildman–Crippen MR) is 106 cm³/mol. The predicted octanol–water partition coefficient (Wildman–Crippen LogP) is 4.00. The van der Waals surface area contributed by atoms with Crippen LogP contribution in [0.1, 0.15) is 18.1 Å². The Bertz CT molecular complexity index is 958. The highest BCUT2D eigenvalue weighted by Gasteiger charge is 2.35. The molecule has 2 amide bonds. The fourth-order valence-electron chi connectivity index (χ4n) is 2.59. The van der Waals surface area contributed by atoms with Crippen LogP contribution in [0.2, 0.25) is 0 Å². The van der Waals surface area contributed by atoms with Gasteiger partial charge in [0.2, 0.25) is 0 Å². The molecule has 0 aliphatic carbocycles. The Kier molecular flexibility index (Phi) is 6.66. The maximum Gasteiger partial charge on any atom is 0.344 e. The number of halogens is 1. The van der Waals surface area contributed by atoms with Gasteiger partial charge in [0, 0.05) is 5.56 Å². The SMILES string of the molecule is CCOC(=O)COc1ccc(/C=C2\SC(=O)N(Cc3ccccc3F)C2=O)cc1. The van der Waals surface area contributed by atoms with Gasteiger partial charge in [0.1, 0.15) is 11.6 Å². The lowest BCUT2D eigenvalue weighted by Crippen LogP contribution is -2.27. The van der Waals surface area contributed by atoms with Crippen molar-refractivity contribution in [3.63, 3.8) is 0 Å². The van der Waals surface area contributed by atoms with Crippen LogP contribution in [0.3, 0.4) is 0 Å². The number of imide groups is 1. The summed E-state index contributed by atoms with van der Waals surface area (Å²) in [6.45, 7) is 1.69. The molecular formula is C21H18FNO5S. The normalized spacial score (nSPS) is 15.1. The molecular weight excluding hydrogens is 397 g/mol. The number of amides is 2. The van der Waals surface area contributed by atoms with E-state index in [2.05, 4.69) is 0 Å². The van der Waals surface area contributed by atoms with E-state index in [9.17, 15) is 18.8 Å². The number of carbonyl (C=O) groups is 3. The highest BCUT2D eigenvalue weighted by atomic mass is 32.2. The lowest BCUT2D eigenvalue weighted by molar-refractivity contribution is -0.145. The minimum absolute atomic E-state index is 0.116. The standard InChI is InChI=1S/C21H18FNO5S/c1-2-27-19(24)13-28-16-9-7-14(8-10-16)11-18-20(25)23(21(26)29-18)12-15-5-3-4-6-17(15)22/h3-11H,2,12-13H2,1H3/b18-11-. The number of hydrogen-bond donors (Lipinski definition) is 0. The molecule has 0 N–H and O–H groups in total. The molecule has 150 valence electrons. The third-order valence-electron chi connectivity index (χ3n) is 4.00. The average Bonchev–Trinajstić information content (AvgIpc) is 2.96. The topological polar surface area (TPSA) is 72.9 Å². The summed E-state index contributed by atoms with van der Waals surface area (Å²) < 4.78 is 23.9. The van der Waals surface area contributed by atoms with Gasteiger partial charge in [-0.2, -0.15) is 0 Å². The zero-order valence-corrected chi connectivity index (χ0v) is 16.4. The summed E-state index contributed by atoms with van der Waals surface area (Å²) in [7, 11) is 0. The van der Waals surface area contributed by atoms with Crippen molar-refractivity contribution in [3.05, 3.63) is 70.4 Å². The zero-order chi connectivity index (χ0) is 20.8. The smallest absolute Gasteiger partial charge is 0.344 e. The highest BCUT2D eigenvalue weighted by Crippen LogP contribution is 2.33. The maximum absolute atomic E-state index is 13.8. The Morgan fingerprint density at radius 3 is 2.55 bits per heavy atom. The summed E-state index contributed by atoms with van der Waals surface area (Å²) in [4.78, 5) is 37.3. The summed E-state index contributed by atoms with van der Waals surface area (Å²) in [6.07, 6.45) is 1.58. The van der Waals surface area contributed by atoms with E-state index in [0.717, 1.165) is 16.7 Å². The Morgan fingerprint density at radius 1 is 1.14 bits per heavy atom. The van der Waals surface area contributed by atoms with E-state index in [-0.39, 0.29) is 30.2 Å². The van der Waals surface area contributed by atoms with Crippen molar-refractivity contribution in [2.45, 2.75) is 13.5 Å². The second kappa shape index (κ2) is 9.38. The van der Waals surface area contributed by atoms with Crippen LogP contribution in [0.15, 0.2) is 53.4 Å². The minimum Gasteiger partial charge on any atom is -0.482 e. The molecule has 0 saturated carbocycles. The first-order chi connectivity index (χ1) is 14.0. The summed E-state index contributed by atoms with van der Waals surface area (Å²) in [5.74, 6) is -0.914. The van der Waals surface area contributed by atoms with E-state index in [1.165, 1.54) is 12.1 Å². The molecule has 1 saturated heterocycles. The molecule has 0 aromatic heterocycles. The van der Waals surface area contributed by atoms with Crippen molar-refractivity contribution < 1.29 is 28.2 Å². The molecule has 6 nitrogen and oxygen atoms in total. The van der Waals surface area contributed by atoms with Crippen molar-refractivity contribution in [2.75, 3.05) is 13.2 Å². The maximum atomic E-state index is 13.8. The number of hydrogen-bond acceptors (Lipinski definition) is 6. The number of ether oxygens (including phenoxy) is 2. The van der Waals surface area contributed by atoms with Crippen LogP contribution < -0.4 is 4.74 Å². The van der Waals surface area contributed by atoms with Crippen LogP contribution in [0.4, 0.5) is 9.18 Å². The van der Waals surface area contributed by atoms with Crippen LogP contribution in [0, 0.1) is 5.82 Å². The van der Waals surface area contributed by atoms with Gasteiger partial charge in [0.25, 0.3) is 11.1 Å².